The number of nitrogens with zero attached hydrogens (tertiary/aromatic N) is 4. The van der Waals surface area contributed by atoms with Crippen LogP contribution in [-0.2, 0) is 13.5 Å². The average molecular weight is 336 g/mol. The second kappa shape index (κ2) is 6.35. The van der Waals surface area contributed by atoms with E-state index in [1.54, 1.807) is 4.68 Å². The van der Waals surface area contributed by atoms with Crippen LogP contribution in [0.1, 0.15) is 59.7 Å². The van der Waals surface area contributed by atoms with Crippen LogP contribution in [0.15, 0.2) is 6.07 Å². The third-order valence-electron chi connectivity index (χ3n) is 4.41. The van der Waals surface area contributed by atoms with Crippen LogP contribution in [0.3, 0.4) is 0 Å². The van der Waals surface area contributed by atoms with Crippen molar-refractivity contribution in [3.05, 3.63) is 33.9 Å². The average Bonchev–Trinajstić information content (AvgIpc) is 3.20. The van der Waals surface area contributed by atoms with Gasteiger partial charge in [-0.25, -0.2) is 0 Å². The topological polar surface area (TPSA) is 66.8 Å². The molecule has 0 saturated carbocycles. The van der Waals surface area contributed by atoms with Crippen molar-refractivity contribution in [1.29, 1.82) is 0 Å². The van der Waals surface area contributed by atoms with Crippen molar-refractivity contribution < 1.29 is 4.79 Å². The van der Waals surface area contributed by atoms with Crippen LogP contribution in [0.5, 0.6) is 0 Å². The van der Waals surface area contributed by atoms with Gasteiger partial charge in [-0.15, -0.1) is 0 Å². The van der Waals surface area contributed by atoms with Crippen molar-refractivity contribution in [2.75, 3.05) is 6.54 Å². The molecule has 0 radical (unpaired) electrons. The van der Waals surface area contributed by atoms with Crippen molar-refractivity contribution in [2.45, 2.75) is 45.6 Å². The molecule has 1 saturated heterocycles. The van der Waals surface area contributed by atoms with Crippen LogP contribution in [0.2, 0.25) is 5.15 Å². The minimum Gasteiger partial charge on any atom is -0.330 e. The molecule has 2 aromatic rings. The first kappa shape index (κ1) is 16.1. The van der Waals surface area contributed by atoms with Crippen molar-refractivity contribution in [3.63, 3.8) is 0 Å². The first-order valence-corrected chi connectivity index (χ1v) is 8.45. The number of amides is 1. The maximum absolute atomic E-state index is 12.9. The summed E-state index contributed by atoms with van der Waals surface area (Å²) in [6.07, 6.45) is 3.79. The van der Waals surface area contributed by atoms with Crippen LogP contribution >= 0.6 is 11.6 Å². The lowest BCUT2D eigenvalue weighted by Crippen LogP contribution is -2.31. The highest BCUT2D eigenvalue weighted by Gasteiger charge is 2.35. The summed E-state index contributed by atoms with van der Waals surface area (Å²) in [7, 11) is 1.82. The van der Waals surface area contributed by atoms with Gasteiger partial charge in [0.15, 0.2) is 0 Å². The third kappa shape index (κ3) is 2.87. The highest BCUT2D eigenvalue weighted by Crippen LogP contribution is 2.38. The predicted octanol–water partition coefficient (Wildman–Crippen LogP) is 3.03. The quantitative estimate of drug-likeness (QED) is 0.933. The molecule has 2 aromatic heterocycles. The maximum atomic E-state index is 12.9. The standard InChI is InChI=1S/C16H22ClN5O/c1-4-6-11-9-12(19-18-11)16(23)22-8-5-7-13(22)14-10(2)20-21(3)15(14)17/h9,13H,4-8H2,1-3H3,(H,18,19)/t13-/m0/s1. The van der Waals surface area contributed by atoms with Gasteiger partial charge in [0.2, 0.25) is 0 Å². The van der Waals surface area contributed by atoms with E-state index in [4.69, 9.17) is 11.6 Å². The lowest BCUT2D eigenvalue weighted by molar-refractivity contribution is 0.0729. The Kier molecular flexibility index (Phi) is 4.43. The summed E-state index contributed by atoms with van der Waals surface area (Å²) >= 11 is 6.40. The van der Waals surface area contributed by atoms with Gasteiger partial charge >= 0.3 is 0 Å². The molecule has 1 atom stereocenters. The highest BCUT2D eigenvalue weighted by molar-refractivity contribution is 6.30. The van der Waals surface area contributed by atoms with E-state index in [0.717, 1.165) is 49.2 Å². The van der Waals surface area contributed by atoms with Crippen molar-refractivity contribution in [1.82, 2.24) is 24.9 Å². The number of rotatable bonds is 4. The Labute approximate surface area is 140 Å². The first-order valence-electron chi connectivity index (χ1n) is 8.07. The van der Waals surface area contributed by atoms with E-state index >= 15 is 0 Å². The number of hydrogen-bond acceptors (Lipinski definition) is 3. The number of carbonyl (C=O) groups excluding carboxylic acids is 1. The number of aromatic nitrogens is 4. The van der Waals surface area contributed by atoms with Crippen LogP contribution in [-0.4, -0.2) is 37.3 Å². The lowest BCUT2D eigenvalue weighted by atomic mass is 10.1. The molecule has 23 heavy (non-hydrogen) atoms. The molecule has 1 N–H and O–H groups in total. The van der Waals surface area contributed by atoms with E-state index < -0.39 is 0 Å². The maximum Gasteiger partial charge on any atom is 0.274 e. The van der Waals surface area contributed by atoms with Crippen molar-refractivity contribution >= 4 is 17.5 Å². The number of hydrogen-bond donors (Lipinski definition) is 1. The lowest BCUT2D eigenvalue weighted by Gasteiger charge is -2.24. The number of aryl methyl sites for hydroxylation is 3. The van der Waals surface area contributed by atoms with Gasteiger partial charge in [-0.1, -0.05) is 24.9 Å². The third-order valence-corrected chi connectivity index (χ3v) is 4.86. The number of aromatic amines is 1. The van der Waals surface area contributed by atoms with E-state index in [2.05, 4.69) is 22.2 Å². The normalized spacial score (nSPS) is 17.9. The Morgan fingerprint density at radius 2 is 2.30 bits per heavy atom. The van der Waals surface area contributed by atoms with E-state index in [0.29, 0.717) is 10.8 Å². The van der Waals surface area contributed by atoms with Gasteiger partial charge in [-0.05, 0) is 32.3 Å². The number of H-pyrrole nitrogens is 1. The van der Waals surface area contributed by atoms with Crippen molar-refractivity contribution in [3.8, 4) is 0 Å². The number of halogens is 1. The molecule has 0 spiro atoms. The molecule has 3 heterocycles. The summed E-state index contributed by atoms with van der Waals surface area (Å²) in [5.74, 6) is -0.0366. The Bertz CT molecular complexity index is 720. The van der Waals surface area contributed by atoms with Crippen LogP contribution in [0.4, 0.5) is 0 Å². The molecule has 1 aliphatic heterocycles. The summed E-state index contributed by atoms with van der Waals surface area (Å²) in [6, 6.07) is 1.84. The van der Waals surface area contributed by atoms with Gasteiger partial charge in [-0.2, -0.15) is 10.2 Å². The molecule has 0 unspecified atom stereocenters. The largest absolute Gasteiger partial charge is 0.330 e. The fourth-order valence-electron chi connectivity index (χ4n) is 3.35. The Balaban J connectivity index is 1.87. The first-order chi connectivity index (χ1) is 11.0. The summed E-state index contributed by atoms with van der Waals surface area (Å²) in [5.41, 5.74) is 3.33. The summed E-state index contributed by atoms with van der Waals surface area (Å²) in [4.78, 5) is 14.7. The SMILES string of the molecule is CCCc1cc(C(=O)N2CCC[C@H]2c2c(C)nn(C)c2Cl)n[nH]1. The number of nitrogens with one attached hydrogen (secondary N) is 1. The Morgan fingerprint density at radius 3 is 2.96 bits per heavy atom. The fourth-order valence-corrected chi connectivity index (χ4v) is 3.65. The number of likely N-dealkylation sites (tertiary alicyclic amines) is 1. The van der Waals surface area contributed by atoms with Crippen LogP contribution in [0.25, 0.3) is 0 Å². The van der Waals surface area contributed by atoms with Crippen LogP contribution in [0, 0.1) is 6.92 Å². The zero-order valence-electron chi connectivity index (χ0n) is 13.8. The monoisotopic (exact) mass is 335 g/mol. The predicted molar refractivity (Wildman–Crippen MR) is 88.5 cm³/mol. The molecule has 0 aromatic carbocycles. The minimum absolute atomic E-state index is 0.0185. The van der Waals surface area contributed by atoms with E-state index in [1.807, 2.05) is 24.9 Å². The smallest absolute Gasteiger partial charge is 0.274 e. The van der Waals surface area contributed by atoms with E-state index in [1.165, 1.54) is 0 Å². The molecular weight excluding hydrogens is 314 g/mol. The molecular formula is C16H22ClN5O. The molecule has 0 aliphatic carbocycles. The van der Waals surface area contributed by atoms with Gasteiger partial charge in [0.25, 0.3) is 5.91 Å². The molecule has 124 valence electrons. The number of carbonyl (C=O) groups is 1. The summed E-state index contributed by atoms with van der Waals surface area (Å²) in [5, 5.41) is 12.1. The van der Waals surface area contributed by atoms with Gasteiger partial charge in [0.05, 0.1) is 11.7 Å². The Hall–Kier alpha value is -1.82. The summed E-state index contributed by atoms with van der Waals surface area (Å²) in [6.45, 7) is 4.77. The molecule has 1 amide bonds. The van der Waals surface area contributed by atoms with E-state index in [9.17, 15) is 4.79 Å². The van der Waals surface area contributed by atoms with Gasteiger partial charge < -0.3 is 4.90 Å². The molecule has 1 aliphatic rings. The molecule has 0 bridgehead atoms. The second-order valence-corrected chi connectivity index (χ2v) is 6.46. The molecule has 1 fully saturated rings. The zero-order valence-corrected chi connectivity index (χ0v) is 14.5. The second-order valence-electron chi connectivity index (χ2n) is 6.10. The minimum atomic E-state index is -0.0366. The van der Waals surface area contributed by atoms with Crippen LogP contribution < -0.4 is 0 Å². The van der Waals surface area contributed by atoms with E-state index in [-0.39, 0.29) is 11.9 Å². The summed E-state index contributed by atoms with van der Waals surface area (Å²) < 4.78 is 1.67. The molecule has 3 rings (SSSR count). The highest BCUT2D eigenvalue weighted by atomic mass is 35.5. The molecule has 7 heteroatoms. The van der Waals surface area contributed by atoms with Gasteiger partial charge in [0, 0.05) is 24.8 Å². The fraction of sp³-hybridized carbons (Fsp3) is 0.562. The molecule has 6 nitrogen and oxygen atoms in total. The van der Waals surface area contributed by atoms with Gasteiger partial charge in [-0.3, -0.25) is 14.6 Å². The zero-order chi connectivity index (χ0) is 16.6. The van der Waals surface area contributed by atoms with Crippen molar-refractivity contribution in [2.24, 2.45) is 7.05 Å². The Morgan fingerprint density at radius 1 is 1.52 bits per heavy atom. The van der Waals surface area contributed by atoms with Gasteiger partial charge in [0.1, 0.15) is 10.8 Å².